The quantitative estimate of drug-likeness (QED) is 0.524. The lowest BCUT2D eigenvalue weighted by atomic mass is 9.91. The predicted octanol–water partition coefficient (Wildman–Crippen LogP) is 2.93. The zero-order chi connectivity index (χ0) is 21.9. The Labute approximate surface area is 183 Å². The summed E-state index contributed by atoms with van der Waals surface area (Å²) in [6.07, 6.45) is 0.249. The van der Waals surface area contributed by atoms with Crippen LogP contribution in [-0.4, -0.2) is 39.8 Å². The van der Waals surface area contributed by atoms with Crippen molar-refractivity contribution in [3.05, 3.63) is 66.2 Å². The van der Waals surface area contributed by atoms with Crippen LogP contribution < -0.4 is 11.1 Å². The number of pyridine rings is 1. The number of fused-ring (bicyclic) bond motifs is 3. The van der Waals surface area contributed by atoms with Crippen molar-refractivity contribution in [1.29, 1.82) is 0 Å². The van der Waals surface area contributed by atoms with Crippen LogP contribution in [0, 0.1) is 0 Å². The van der Waals surface area contributed by atoms with Crippen molar-refractivity contribution < 1.29 is 14.3 Å². The first-order valence-corrected chi connectivity index (χ1v) is 10.3. The highest BCUT2D eigenvalue weighted by molar-refractivity contribution is 6.08. The molecule has 2 aliphatic heterocycles. The number of hydrogen-bond acceptors (Lipinski definition) is 5. The van der Waals surface area contributed by atoms with Crippen LogP contribution in [0.15, 0.2) is 60.7 Å². The van der Waals surface area contributed by atoms with Crippen LogP contribution in [0.25, 0.3) is 33.4 Å². The summed E-state index contributed by atoms with van der Waals surface area (Å²) >= 11 is 0. The minimum Gasteiger partial charge on any atom is -0.376 e. The summed E-state index contributed by atoms with van der Waals surface area (Å²) in [5.41, 5.74) is 9.14. The Morgan fingerprint density at radius 2 is 1.84 bits per heavy atom. The lowest BCUT2D eigenvalue weighted by molar-refractivity contribution is -0.139. The zero-order valence-electron chi connectivity index (χ0n) is 17.0. The maximum atomic E-state index is 12.4. The fourth-order valence-electron chi connectivity index (χ4n) is 4.46. The number of amides is 2. The van der Waals surface area contributed by atoms with Crippen molar-refractivity contribution in [2.24, 2.45) is 5.73 Å². The van der Waals surface area contributed by atoms with Gasteiger partial charge in [0.1, 0.15) is 22.6 Å². The molecule has 0 saturated carbocycles. The molecule has 1 fully saturated rings. The number of nitrogens with zero attached hydrogens (tertiary/aromatic N) is 3. The van der Waals surface area contributed by atoms with E-state index in [0.29, 0.717) is 30.3 Å². The monoisotopic (exact) mass is 425 g/mol. The summed E-state index contributed by atoms with van der Waals surface area (Å²) in [7, 11) is 0. The van der Waals surface area contributed by atoms with Crippen molar-refractivity contribution in [1.82, 2.24) is 14.8 Å². The highest BCUT2D eigenvalue weighted by Crippen LogP contribution is 2.41. The topological polar surface area (TPSA) is 112 Å². The van der Waals surface area contributed by atoms with Crippen molar-refractivity contribution in [3.63, 3.8) is 0 Å². The average molecular weight is 425 g/mol. The first-order chi connectivity index (χ1) is 15.5. The van der Waals surface area contributed by atoms with E-state index < -0.39 is 11.4 Å². The molecule has 8 heteroatoms. The SMILES string of the molecule is NC(=O)c1c(-c2ccc3ccc(-c4ccccc4)nc3c2)nn2c1NC(=O)CC21COC1. The van der Waals surface area contributed by atoms with E-state index in [1.54, 1.807) is 4.68 Å². The molecule has 2 amide bonds. The maximum Gasteiger partial charge on any atom is 0.254 e. The highest BCUT2D eigenvalue weighted by Gasteiger charge is 2.49. The Hall–Kier alpha value is -4.04. The number of carbonyl (C=O) groups is 2. The number of benzene rings is 2. The number of hydrogen-bond donors (Lipinski definition) is 2. The number of ether oxygens (including phenoxy) is 1. The second-order valence-corrected chi connectivity index (χ2v) is 8.26. The Balaban J connectivity index is 1.52. The van der Waals surface area contributed by atoms with Gasteiger partial charge in [0.05, 0.1) is 30.8 Å². The predicted molar refractivity (Wildman–Crippen MR) is 119 cm³/mol. The van der Waals surface area contributed by atoms with E-state index in [1.165, 1.54) is 0 Å². The number of aromatic nitrogens is 3. The number of nitrogens with one attached hydrogen (secondary N) is 1. The fraction of sp³-hybridized carbons (Fsp3) is 0.167. The summed E-state index contributed by atoms with van der Waals surface area (Å²) < 4.78 is 7.08. The first-order valence-electron chi connectivity index (χ1n) is 10.3. The molecular formula is C24H19N5O3. The summed E-state index contributed by atoms with van der Waals surface area (Å²) in [4.78, 5) is 29.6. The normalized spacial score (nSPS) is 16.4. The van der Waals surface area contributed by atoms with Gasteiger partial charge in [-0.3, -0.25) is 9.59 Å². The van der Waals surface area contributed by atoms with Crippen molar-refractivity contribution in [3.8, 4) is 22.5 Å². The Bertz CT molecular complexity index is 1410. The van der Waals surface area contributed by atoms with E-state index in [9.17, 15) is 9.59 Å². The van der Waals surface area contributed by atoms with E-state index >= 15 is 0 Å². The average Bonchev–Trinajstić information content (AvgIpc) is 3.17. The smallest absolute Gasteiger partial charge is 0.254 e. The largest absolute Gasteiger partial charge is 0.376 e. The van der Waals surface area contributed by atoms with Crippen LogP contribution in [0.3, 0.4) is 0 Å². The molecule has 3 N–H and O–H groups in total. The molecule has 4 aromatic rings. The molecule has 0 aliphatic carbocycles. The molecule has 0 bridgehead atoms. The van der Waals surface area contributed by atoms with Gasteiger partial charge >= 0.3 is 0 Å². The van der Waals surface area contributed by atoms with Gasteiger partial charge in [0.15, 0.2) is 0 Å². The molecule has 1 spiro atoms. The number of nitrogens with two attached hydrogens (primary N) is 1. The third-order valence-corrected chi connectivity index (χ3v) is 6.11. The lowest BCUT2D eigenvalue weighted by Crippen LogP contribution is -2.57. The molecule has 32 heavy (non-hydrogen) atoms. The molecule has 2 aromatic heterocycles. The number of primary amides is 1. The molecule has 6 rings (SSSR count). The fourth-order valence-corrected chi connectivity index (χ4v) is 4.46. The van der Waals surface area contributed by atoms with E-state index in [-0.39, 0.29) is 17.9 Å². The Morgan fingerprint density at radius 1 is 1.06 bits per heavy atom. The van der Waals surface area contributed by atoms with Crippen molar-refractivity contribution in [2.75, 3.05) is 18.5 Å². The lowest BCUT2D eigenvalue weighted by Gasteiger charge is -2.44. The number of anilines is 1. The zero-order valence-corrected chi connectivity index (χ0v) is 17.0. The molecule has 0 unspecified atom stereocenters. The van der Waals surface area contributed by atoms with E-state index in [1.807, 2.05) is 60.7 Å². The third-order valence-electron chi connectivity index (χ3n) is 6.11. The van der Waals surface area contributed by atoms with Gasteiger partial charge in [0.25, 0.3) is 5.91 Å². The Morgan fingerprint density at radius 3 is 2.56 bits per heavy atom. The first kappa shape index (κ1) is 18.7. The van der Waals surface area contributed by atoms with Crippen LogP contribution in [-0.2, 0) is 15.1 Å². The summed E-state index contributed by atoms with van der Waals surface area (Å²) in [5, 5.41) is 8.48. The van der Waals surface area contributed by atoms with Gasteiger partial charge in [-0.25, -0.2) is 9.67 Å². The highest BCUT2D eigenvalue weighted by atomic mass is 16.5. The minimum atomic E-state index is -0.648. The summed E-state index contributed by atoms with van der Waals surface area (Å²) in [6, 6.07) is 19.7. The van der Waals surface area contributed by atoms with Crippen molar-refractivity contribution in [2.45, 2.75) is 12.0 Å². The van der Waals surface area contributed by atoms with Gasteiger partial charge in [-0.15, -0.1) is 0 Å². The number of rotatable bonds is 3. The standard InChI is InChI=1S/C24H19N5O3/c25-22(31)20-21(28-29-23(20)27-19(30)11-24(29)12-32-13-24)16-7-6-15-8-9-17(26-18(15)10-16)14-4-2-1-3-5-14/h1-10H,11-13H2,(H2,25,31)(H,27,30). The molecule has 1 saturated heterocycles. The second-order valence-electron chi connectivity index (χ2n) is 8.26. The van der Waals surface area contributed by atoms with E-state index in [0.717, 1.165) is 22.2 Å². The minimum absolute atomic E-state index is 0.178. The van der Waals surface area contributed by atoms with E-state index in [4.69, 9.17) is 20.6 Å². The van der Waals surface area contributed by atoms with Gasteiger partial charge in [0.2, 0.25) is 5.91 Å². The van der Waals surface area contributed by atoms with Crippen LogP contribution in [0.2, 0.25) is 0 Å². The van der Waals surface area contributed by atoms with Gasteiger partial charge in [-0.2, -0.15) is 5.10 Å². The van der Waals surface area contributed by atoms with Crippen LogP contribution in [0.5, 0.6) is 0 Å². The molecular weight excluding hydrogens is 406 g/mol. The molecule has 0 radical (unpaired) electrons. The second kappa shape index (κ2) is 6.73. The van der Waals surface area contributed by atoms with Gasteiger partial charge in [0, 0.05) is 16.5 Å². The molecule has 0 atom stereocenters. The molecule has 4 heterocycles. The summed E-state index contributed by atoms with van der Waals surface area (Å²) in [5.74, 6) is -0.495. The van der Waals surface area contributed by atoms with Gasteiger partial charge in [-0.1, -0.05) is 48.5 Å². The Kier molecular flexibility index (Phi) is 3.93. The van der Waals surface area contributed by atoms with Crippen LogP contribution in [0.4, 0.5) is 5.82 Å². The summed E-state index contributed by atoms with van der Waals surface area (Å²) in [6.45, 7) is 0.735. The van der Waals surface area contributed by atoms with Crippen LogP contribution >= 0.6 is 0 Å². The number of carbonyl (C=O) groups excluding carboxylic acids is 2. The van der Waals surface area contributed by atoms with Gasteiger partial charge < -0.3 is 15.8 Å². The molecule has 2 aliphatic rings. The van der Waals surface area contributed by atoms with Crippen LogP contribution in [0.1, 0.15) is 16.8 Å². The molecule has 8 nitrogen and oxygen atoms in total. The van der Waals surface area contributed by atoms with E-state index in [2.05, 4.69) is 5.32 Å². The molecule has 158 valence electrons. The van der Waals surface area contributed by atoms with Gasteiger partial charge in [-0.05, 0) is 12.1 Å². The molecule has 2 aromatic carbocycles. The third kappa shape index (κ3) is 2.73. The van der Waals surface area contributed by atoms with Crippen molar-refractivity contribution >= 4 is 28.5 Å². The maximum absolute atomic E-state index is 12.4.